The molecule has 11 heteroatoms. The fourth-order valence-corrected chi connectivity index (χ4v) is 4.22. The van der Waals surface area contributed by atoms with Gasteiger partial charge in [-0.2, -0.15) is 18.3 Å². The number of alkyl halides is 3. The number of likely N-dealkylation sites (tertiary alicyclic amines) is 1. The third-order valence-electron chi connectivity index (χ3n) is 6.53. The smallest absolute Gasteiger partial charge is 0.444 e. The van der Waals surface area contributed by atoms with Crippen molar-refractivity contribution in [3.8, 4) is 0 Å². The molecule has 0 saturated carbocycles. The number of hydrogen-bond donors (Lipinski definition) is 0. The van der Waals surface area contributed by atoms with E-state index >= 15 is 0 Å². The summed E-state index contributed by atoms with van der Waals surface area (Å²) in [5, 5.41) is 4.24. The molecular weight excluding hydrogens is 438 g/mol. The Hall–Kier alpha value is -1.75. The number of halogens is 3. The lowest BCUT2D eigenvalue weighted by atomic mass is 9.77. The summed E-state index contributed by atoms with van der Waals surface area (Å²) in [7, 11) is -1.16. The number of amides is 1. The lowest BCUT2D eigenvalue weighted by Gasteiger charge is -2.34. The zero-order chi connectivity index (χ0) is 25.0. The van der Waals surface area contributed by atoms with Crippen molar-refractivity contribution in [3.63, 3.8) is 0 Å². The summed E-state index contributed by atoms with van der Waals surface area (Å²) >= 11 is 0. The van der Waals surface area contributed by atoms with Gasteiger partial charge in [-0.3, -0.25) is 4.68 Å². The molecule has 1 aromatic rings. The van der Waals surface area contributed by atoms with Crippen LogP contribution in [0.1, 0.15) is 72.7 Å². The zero-order valence-corrected chi connectivity index (χ0v) is 20.8. The van der Waals surface area contributed by atoms with Gasteiger partial charge in [0.2, 0.25) is 0 Å². The van der Waals surface area contributed by atoms with Gasteiger partial charge in [-0.1, -0.05) is 0 Å². The van der Waals surface area contributed by atoms with Gasteiger partial charge >= 0.3 is 19.4 Å². The molecule has 1 aromatic heterocycles. The lowest BCUT2D eigenvalue weighted by Crippen LogP contribution is -2.44. The van der Waals surface area contributed by atoms with Crippen molar-refractivity contribution in [1.29, 1.82) is 0 Å². The molecule has 3 rings (SSSR count). The molecule has 1 atom stereocenters. The Bertz CT molecular complexity index is 877. The van der Waals surface area contributed by atoms with E-state index in [-0.39, 0.29) is 23.6 Å². The fourth-order valence-electron chi connectivity index (χ4n) is 4.22. The van der Waals surface area contributed by atoms with Crippen LogP contribution >= 0.6 is 0 Å². The number of rotatable bonds is 3. The fraction of sp³-hybridized carbons (Fsp3) is 0.818. The maximum absolute atomic E-state index is 14.2. The van der Waals surface area contributed by atoms with E-state index in [2.05, 4.69) is 5.10 Å². The highest BCUT2D eigenvalue weighted by atomic mass is 19.4. The van der Waals surface area contributed by atoms with E-state index in [1.807, 2.05) is 0 Å². The highest BCUT2D eigenvalue weighted by Gasteiger charge is 2.55. The molecule has 0 N–H and O–H groups in total. The van der Waals surface area contributed by atoms with Crippen LogP contribution in [0.25, 0.3) is 0 Å². The van der Waals surface area contributed by atoms with Crippen LogP contribution in [0.2, 0.25) is 0 Å². The summed E-state index contributed by atoms with van der Waals surface area (Å²) in [6.45, 7) is 15.0. The number of aromatic nitrogens is 2. The monoisotopic (exact) mass is 473 g/mol. The zero-order valence-electron chi connectivity index (χ0n) is 20.8. The number of aryl methyl sites for hydroxylation is 1. The van der Waals surface area contributed by atoms with E-state index in [1.165, 1.54) is 0 Å². The molecule has 2 aliphatic heterocycles. The number of ether oxygens (including phenoxy) is 1. The number of hydrogen-bond acceptors (Lipinski definition) is 5. The Morgan fingerprint density at radius 2 is 1.76 bits per heavy atom. The Kier molecular flexibility index (Phi) is 6.65. The summed E-state index contributed by atoms with van der Waals surface area (Å²) < 4.78 is 61.0. The van der Waals surface area contributed by atoms with Crippen LogP contribution in [-0.4, -0.2) is 57.8 Å². The molecule has 2 aliphatic rings. The van der Waals surface area contributed by atoms with E-state index in [0.29, 0.717) is 25.9 Å². The molecule has 0 bridgehead atoms. The van der Waals surface area contributed by atoms with Gasteiger partial charge in [0.15, 0.2) is 0 Å². The van der Waals surface area contributed by atoms with Crippen molar-refractivity contribution in [1.82, 2.24) is 14.7 Å². The van der Waals surface area contributed by atoms with Crippen LogP contribution in [0, 0.1) is 12.8 Å². The largest absolute Gasteiger partial charge is 0.498 e. The van der Waals surface area contributed by atoms with Crippen LogP contribution in [0.15, 0.2) is 0 Å². The van der Waals surface area contributed by atoms with Gasteiger partial charge in [-0.15, -0.1) is 0 Å². The molecule has 0 aliphatic carbocycles. The molecule has 2 saturated heterocycles. The molecule has 0 spiro atoms. The quantitative estimate of drug-likeness (QED) is 0.617. The molecule has 186 valence electrons. The summed E-state index contributed by atoms with van der Waals surface area (Å²) in [6.07, 6.45) is -3.70. The van der Waals surface area contributed by atoms with Crippen LogP contribution < -0.4 is 5.46 Å². The minimum absolute atomic E-state index is 0.0362. The van der Waals surface area contributed by atoms with E-state index in [1.54, 1.807) is 60.3 Å². The molecule has 1 amide bonds. The summed E-state index contributed by atoms with van der Waals surface area (Å²) in [6, 6.07) is 0. The maximum atomic E-state index is 14.2. The Balaban J connectivity index is 1.86. The topological polar surface area (TPSA) is 65.8 Å². The van der Waals surface area contributed by atoms with E-state index in [4.69, 9.17) is 14.0 Å². The molecule has 0 aromatic carbocycles. The second-order valence-electron chi connectivity index (χ2n) is 11.1. The van der Waals surface area contributed by atoms with Crippen LogP contribution in [-0.2, 0) is 26.8 Å². The standard InChI is InChI=1S/C22H35BF3N3O4/c1-14-16(23-32-20(5,6)21(7,8)33-23)17(22(24,25)26)29(27-14)13-15-10-9-11-28(12-15)18(30)31-19(2,3)4/h15H,9-13H2,1-8H3. The van der Waals surface area contributed by atoms with Gasteiger partial charge in [0.05, 0.1) is 16.9 Å². The molecular formula is C22H35BF3N3O4. The van der Waals surface area contributed by atoms with Crippen molar-refractivity contribution in [2.45, 2.75) is 97.8 Å². The van der Waals surface area contributed by atoms with Crippen LogP contribution in [0.4, 0.5) is 18.0 Å². The van der Waals surface area contributed by atoms with Gasteiger partial charge in [-0.25, -0.2) is 4.79 Å². The average Bonchev–Trinajstić information content (AvgIpc) is 3.05. The first kappa shape index (κ1) is 25.9. The summed E-state index contributed by atoms with van der Waals surface area (Å²) in [4.78, 5) is 14.0. The van der Waals surface area contributed by atoms with Crippen LogP contribution in [0.3, 0.4) is 0 Å². The number of piperidine rings is 1. The maximum Gasteiger partial charge on any atom is 0.498 e. The number of nitrogens with zero attached hydrogens (tertiary/aromatic N) is 3. The number of carbonyl (C=O) groups is 1. The molecule has 7 nitrogen and oxygen atoms in total. The third-order valence-corrected chi connectivity index (χ3v) is 6.53. The minimum atomic E-state index is -4.64. The first-order valence-electron chi connectivity index (χ1n) is 11.4. The number of carbonyl (C=O) groups excluding carboxylic acids is 1. The van der Waals surface area contributed by atoms with Gasteiger partial charge < -0.3 is 18.9 Å². The molecule has 1 unspecified atom stereocenters. The van der Waals surface area contributed by atoms with Gasteiger partial charge in [-0.05, 0) is 74.1 Å². The highest BCUT2D eigenvalue weighted by molar-refractivity contribution is 6.63. The second-order valence-corrected chi connectivity index (χ2v) is 11.1. The second kappa shape index (κ2) is 8.48. The highest BCUT2D eigenvalue weighted by Crippen LogP contribution is 2.39. The van der Waals surface area contributed by atoms with Crippen LogP contribution in [0.5, 0.6) is 0 Å². The van der Waals surface area contributed by atoms with Crippen molar-refractivity contribution in [3.05, 3.63) is 11.4 Å². The molecule has 3 heterocycles. The van der Waals surface area contributed by atoms with E-state index in [0.717, 1.165) is 4.68 Å². The predicted octanol–water partition coefficient (Wildman–Crippen LogP) is 4.16. The Labute approximate surface area is 194 Å². The SMILES string of the molecule is Cc1nn(CC2CCCN(C(=O)OC(C)(C)C)C2)c(C(F)(F)F)c1B1OC(C)(C)C(C)(C)O1. The van der Waals surface area contributed by atoms with Crippen molar-refractivity contribution >= 4 is 18.7 Å². The third kappa shape index (κ3) is 5.50. The normalized spacial score (nSPS) is 23.2. The van der Waals surface area contributed by atoms with Gasteiger partial charge in [0, 0.05) is 25.1 Å². The van der Waals surface area contributed by atoms with Crippen molar-refractivity contribution in [2.24, 2.45) is 5.92 Å². The Morgan fingerprint density at radius 3 is 2.27 bits per heavy atom. The lowest BCUT2D eigenvalue weighted by molar-refractivity contribution is -0.143. The first-order chi connectivity index (χ1) is 14.9. The predicted molar refractivity (Wildman–Crippen MR) is 118 cm³/mol. The van der Waals surface area contributed by atoms with Gasteiger partial charge in [0.25, 0.3) is 0 Å². The molecule has 0 radical (unpaired) electrons. The Morgan fingerprint density at radius 1 is 1.18 bits per heavy atom. The van der Waals surface area contributed by atoms with Crippen molar-refractivity contribution < 1.29 is 32.0 Å². The molecule has 33 heavy (non-hydrogen) atoms. The molecule has 2 fully saturated rings. The van der Waals surface area contributed by atoms with E-state index < -0.39 is 41.9 Å². The first-order valence-corrected chi connectivity index (χ1v) is 11.4. The summed E-state index contributed by atoms with van der Waals surface area (Å²) in [5.74, 6) is -0.183. The van der Waals surface area contributed by atoms with E-state index in [9.17, 15) is 18.0 Å². The average molecular weight is 473 g/mol. The summed E-state index contributed by atoms with van der Waals surface area (Å²) in [5.41, 5.74) is -2.89. The van der Waals surface area contributed by atoms with Crippen molar-refractivity contribution in [2.75, 3.05) is 13.1 Å². The minimum Gasteiger partial charge on any atom is -0.444 e. The van der Waals surface area contributed by atoms with Gasteiger partial charge in [0.1, 0.15) is 11.3 Å².